The minimum absolute atomic E-state index is 0.332. The lowest BCUT2D eigenvalue weighted by Crippen LogP contribution is -2.41. The predicted molar refractivity (Wildman–Crippen MR) is 74.0 cm³/mol. The van der Waals surface area contributed by atoms with E-state index >= 15 is 0 Å². The van der Waals surface area contributed by atoms with E-state index in [1.807, 2.05) is 24.0 Å². The summed E-state index contributed by atoms with van der Waals surface area (Å²) < 4.78 is 0. The fraction of sp³-hybridized carbons (Fsp3) is 0.615. The number of aryl methyl sites for hydroxylation is 1. The molecule has 0 saturated heterocycles. The van der Waals surface area contributed by atoms with Crippen LogP contribution in [0.2, 0.25) is 0 Å². The van der Waals surface area contributed by atoms with Gasteiger partial charge in [0.25, 0.3) is 0 Å². The number of nitrogens with one attached hydrogen (secondary N) is 1. The highest BCUT2D eigenvalue weighted by Crippen LogP contribution is 2.34. The molecule has 0 saturated carbocycles. The Morgan fingerprint density at radius 3 is 3.12 bits per heavy atom. The van der Waals surface area contributed by atoms with Gasteiger partial charge in [0.2, 0.25) is 0 Å². The van der Waals surface area contributed by atoms with E-state index in [0.29, 0.717) is 17.2 Å². The van der Waals surface area contributed by atoms with Crippen molar-refractivity contribution in [3.05, 3.63) is 29.6 Å². The molecule has 0 amide bonds. The largest absolute Gasteiger partial charge is 0.271 e. The molecule has 2 unspecified atom stereocenters. The molecule has 94 valence electrons. The lowest BCUT2D eigenvalue weighted by Gasteiger charge is -2.23. The lowest BCUT2D eigenvalue weighted by molar-refractivity contribution is 0.468. The first kappa shape index (κ1) is 12.9. The molecule has 0 fully saturated rings. The van der Waals surface area contributed by atoms with Gasteiger partial charge in [-0.25, -0.2) is 0 Å². The number of hydrogen-bond acceptors (Lipinski definition) is 4. The van der Waals surface area contributed by atoms with E-state index < -0.39 is 0 Å². The molecule has 3 N–H and O–H groups in total. The summed E-state index contributed by atoms with van der Waals surface area (Å²) in [6.45, 7) is 4.44. The van der Waals surface area contributed by atoms with E-state index in [1.165, 1.54) is 17.7 Å². The molecule has 0 aromatic carbocycles. The minimum Gasteiger partial charge on any atom is -0.271 e. The van der Waals surface area contributed by atoms with Crippen LogP contribution in [0.25, 0.3) is 0 Å². The standard InChI is InChI=1S/C13H21N3S/c1-9(2)17-8-12(16-14)11-6-5-10-4-3-7-15-13(10)11/h3-4,7,9,11-12,16H,5-6,8,14H2,1-2H3. The number of fused-ring (bicyclic) bond motifs is 1. The third-order valence-electron chi connectivity index (χ3n) is 3.31. The summed E-state index contributed by atoms with van der Waals surface area (Å²) in [7, 11) is 0. The molecule has 0 spiro atoms. The molecule has 0 radical (unpaired) electrons. The van der Waals surface area contributed by atoms with Crippen molar-refractivity contribution >= 4 is 11.8 Å². The fourth-order valence-electron chi connectivity index (χ4n) is 2.41. The highest BCUT2D eigenvalue weighted by Gasteiger charge is 2.30. The molecule has 4 heteroatoms. The molecule has 1 heterocycles. The van der Waals surface area contributed by atoms with Crippen LogP contribution >= 0.6 is 11.8 Å². The normalized spacial score (nSPS) is 20.6. The Morgan fingerprint density at radius 2 is 2.41 bits per heavy atom. The Morgan fingerprint density at radius 1 is 1.59 bits per heavy atom. The molecule has 17 heavy (non-hydrogen) atoms. The Hall–Kier alpha value is -0.580. The van der Waals surface area contributed by atoms with Gasteiger partial charge in [-0.05, 0) is 29.7 Å². The van der Waals surface area contributed by atoms with Crippen LogP contribution in [0, 0.1) is 0 Å². The van der Waals surface area contributed by atoms with E-state index in [4.69, 9.17) is 5.84 Å². The number of hydrazine groups is 1. The van der Waals surface area contributed by atoms with E-state index in [2.05, 4.69) is 30.3 Å². The van der Waals surface area contributed by atoms with Crippen LogP contribution in [0.4, 0.5) is 0 Å². The first-order chi connectivity index (χ1) is 8.22. The highest BCUT2D eigenvalue weighted by molar-refractivity contribution is 7.99. The van der Waals surface area contributed by atoms with Crippen LogP contribution in [0.1, 0.15) is 37.4 Å². The SMILES string of the molecule is CC(C)SCC(NN)C1CCc2cccnc21. The smallest absolute Gasteiger partial charge is 0.0482 e. The molecule has 2 atom stereocenters. The van der Waals surface area contributed by atoms with Crippen molar-refractivity contribution < 1.29 is 0 Å². The second-order valence-corrected chi connectivity index (χ2v) is 6.46. The Bertz CT molecular complexity index is 367. The Labute approximate surface area is 108 Å². The first-order valence-corrected chi connectivity index (χ1v) is 7.28. The Balaban J connectivity index is 2.06. The van der Waals surface area contributed by atoms with Crippen molar-refractivity contribution in [2.24, 2.45) is 5.84 Å². The van der Waals surface area contributed by atoms with Crippen molar-refractivity contribution in [3.8, 4) is 0 Å². The van der Waals surface area contributed by atoms with Gasteiger partial charge in [-0.2, -0.15) is 11.8 Å². The van der Waals surface area contributed by atoms with Crippen LogP contribution in [-0.2, 0) is 6.42 Å². The second-order valence-electron chi connectivity index (χ2n) is 4.85. The number of rotatable bonds is 5. The molecular formula is C13H21N3S. The van der Waals surface area contributed by atoms with Gasteiger partial charge in [-0.1, -0.05) is 19.9 Å². The molecule has 1 aromatic heterocycles. The summed E-state index contributed by atoms with van der Waals surface area (Å²) in [5.41, 5.74) is 5.62. The molecule has 0 bridgehead atoms. The maximum absolute atomic E-state index is 5.70. The molecule has 0 aliphatic heterocycles. The van der Waals surface area contributed by atoms with E-state index in [0.717, 1.165) is 12.2 Å². The van der Waals surface area contributed by atoms with Crippen molar-refractivity contribution in [1.29, 1.82) is 0 Å². The van der Waals surface area contributed by atoms with Crippen LogP contribution < -0.4 is 11.3 Å². The number of hydrogen-bond donors (Lipinski definition) is 2. The third kappa shape index (κ3) is 3.00. The van der Waals surface area contributed by atoms with Gasteiger partial charge < -0.3 is 0 Å². The minimum atomic E-state index is 0.332. The molecule has 1 aliphatic rings. The van der Waals surface area contributed by atoms with Crippen molar-refractivity contribution in [3.63, 3.8) is 0 Å². The summed E-state index contributed by atoms with van der Waals surface area (Å²) in [5, 5.41) is 0.649. The van der Waals surface area contributed by atoms with Gasteiger partial charge in [0.05, 0.1) is 0 Å². The molecule has 1 aliphatic carbocycles. The number of nitrogens with zero attached hydrogens (tertiary/aromatic N) is 1. The number of pyridine rings is 1. The summed E-state index contributed by atoms with van der Waals surface area (Å²) >= 11 is 1.96. The van der Waals surface area contributed by atoms with Gasteiger partial charge in [0, 0.05) is 29.6 Å². The van der Waals surface area contributed by atoms with Gasteiger partial charge >= 0.3 is 0 Å². The van der Waals surface area contributed by atoms with Gasteiger partial charge in [0.15, 0.2) is 0 Å². The maximum Gasteiger partial charge on any atom is 0.0482 e. The topological polar surface area (TPSA) is 50.9 Å². The average Bonchev–Trinajstić information content (AvgIpc) is 2.74. The van der Waals surface area contributed by atoms with Gasteiger partial charge in [0.1, 0.15) is 0 Å². The quantitative estimate of drug-likeness (QED) is 0.621. The first-order valence-electron chi connectivity index (χ1n) is 6.24. The molecular weight excluding hydrogens is 230 g/mol. The van der Waals surface area contributed by atoms with Crippen LogP contribution in [0.5, 0.6) is 0 Å². The summed E-state index contributed by atoms with van der Waals surface area (Å²) in [4.78, 5) is 4.53. The van der Waals surface area contributed by atoms with Crippen molar-refractivity contribution in [1.82, 2.24) is 10.4 Å². The highest BCUT2D eigenvalue weighted by atomic mass is 32.2. The Kier molecular flexibility index (Phi) is 4.42. The number of nitrogens with two attached hydrogens (primary N) is 1. The van der Waals surface area contributed by atoms with Gasteiger partial charge in [-0.3, -0.25) is 16.3 Å². The summed E-state index contributed by atoms with van der Waals surface area (Å²) in [5.74, 6) is 7.23. The van der Waals surface area contributed by atoms with Crippen LogP contribution in [0.3, 0.4) is 0 Å². The third-order valence-corrected chi connectivity index (χ3v) is 4.53. The number of aromatic nitrogens is 1. The van der Waals surface area contributed by atoms with E-state index in [1.54, 1.807) is 0 Å². The zero-order valence-electron chi connectivity index (χ0n) is 10.5. The summed E-state index contributed by atoms with van der Waals surface area (Å²) in [6, 6.07) is 4.54. The molecule has 2 rings (SSSR count). The van der Waals surface area contributed by atoms with Crippen LogP contribution in [-0.4, -0.2) is 22.0 Å². The lowest BCUT2D eigenvalue weighted by atomic mass is 9.99. The summed E-state index contributed by atoms with van der Waals surface area (Å²) in [6.07, 6.45) is 4.19. The second kappa shape index (κ2) is 5.85. The van der Waals surface area contributed by atoms with E-state index in [9.17, 15) is 0 Å². The average molecular weight is 251 g/mol. The predicted octanol–water partition coefficient (Wildman–Crippen LogP) is 2.08. The zero-order chi connectivity index (χ0) is 12.3. The maximum atomic E-state index is 5.70. The number of thioether (sulfide) groups is 1. The van der Waals surface area contributed by atoms with Gasteiger partial charge in [-0.15, -0.1) is 0 Å². The zero-order valence-corrected chi connectivity index (χ0v) is 11.3. The fourth-order valence-corrected chi connectivity index (χ4v) is 3.33. The molecule has 1 aromatic rings. The van der Waals surface area contributed by atoms with Crippen molar-refractivity contribution in [2.75, 3.05) is 5.75 Å². The molecule has 3 nitrogen and oxygen atoms in total. The van der Waals surface area contributed by atoms with E-state index in [-0.39, 0.29) is 0 Å². The van der Waals surface area contributed by atoms with Crippen LogP contribution in [0.15, 0.2) is 18.3 Å². The van der Waals surface area contributed by atoms with Crippen molar-refractivity contribution in [2.45, 2.75) is 43.9 Å². The monoisotopic (exact) mass is 251 g/mol.